The molecule has 0 radical (unpaired) electrons. The highest BCUT2D eigenvalue weighted by Crippen LogP contribution is 2.16. The summed E-state index contributed by atoms with van der Waals surface area (Å²) in [5.41, 5.74) is 1.49. The van der Waals surface area contributed by atoms with E-state index in [1.165, 1.54) is 56.9 Å². The van der Waals surface area contributed by atoms with E-state index in [9.17, 15) is 0 Å². The van der Waals surface area contributed by atoms with Crippen LogP contribution >= 0.6 is 0 Å². The third kappa shape index (κ3) is 7.20. The van der Waals surface area contributed by atoms with Crippen LogP contribution in [0, 0.1) is 5.92 Å². The predicted molar refractivity (Wildman–Crippen MR) is 77.3 cm³/mol. The van der Waals surface area contributed by atoms with Gasteiger partial charge in [-0.2, -0.15) is 0 Å². The van der Waals surface area contributed by atoms with Crippen molar-refractivity contribution in [1.82, 2.24) is 0 Å². The quantitative estimate of drug-likeness (QED) is 0.485. The Morgan fingerprint density at radius 2 is 1.53 bits per heavy atom. The monoisotopic (exact) mass is 232 g/mol. The van der Waals surface area contributed by atoms with Gasteiger partial charge in [-0.25, -0.2) is 0 Å². The molecule has 1 aromatic rings. The van der Waals surface area contributed by atoms with Crippen LogP contribution in [0.3, 0.4) is 0 Å². The molecule has 0 bridgehead atoms. The van der Waals surface area contributed by atoms with E-state index in [-0.39, 0.29) is 0 Å². The van der Waals surface area contributed by atoms with Gasteiger partial charge < -0.3 is 0 Å². The van der Waals surface area contributed by atoms with Crippen molar-refractivity contribution < 1.29 is 0 Å². The van der Waals surface area contributed by atoms with E-state index in [2.05, 4.69) is 44.2 Å². The minimum atomic E-state index is 0.928. The van der Waals surface area contributed by atoms with Crippen molar-refractivity contribution in [2.75, 3.05) is 0 Å². The summed E-state index contributed by atoms with van der Waals surface area (Å²) < 4.78 is 0. The molecule has 0 aromatic heterocycles. The van der Waals surface area contributed by atoms with E-state index < -0.39 is 0 Å². The molecule has 17 heavy (non-hydrogen) atoms. The molecular formula is C17H28. The molecular weight excluding hydrogens is 204 g/mol. The van der Waals surface area contributed by atoms with Crippen LogP contribution in [0.2, 0.25) is 0 Å². The van der Waals surface area contributed by atoms with E-state index >= 15 is 0 Å². The van der Waals surface area contributed by atoms with Crippen molar-refractivity contribution in [3.05, 3.63) is 35.9 Å². The second kappa shape index (κ2) is 9.27. The summed E-state index contributed by atoms with van der Waals surface area (Å²) in [6, 6.07) is 10.9. The predicted octanol–water partition coefficient (Wildman–Crippen LogP) is 5.62. The fourth-order valence-electron chi connectivity index (χ4n) is 2.35. The van der Waals surface area contributed by atoms with E-state index in [0.29, 0.717) is 0 Å². The lowest BCUT2D eigenvalue weighted by Gasteiger charge is -2.10. The Morgan fingerprint density at radius 1 is 0.882 bits per heavy atom. The van der Waals surface area contributed by atoms with Gasteiger partial charge in [0.25, 0.3) is 0 Å². The lowest BCUT2D eigenvalue weighted by Crippen LogP contribution is -1.95. The van der Waals surface area contributed by atoms with Crippen LogP contribution in [0.15, 0.2) is 30.3 Å². The van der Waals surface area contributed by atoms with Gasteiger partial charge in [-0.3, -0.25) is 0 Å². The molecule has 1 atom stereocenters. The fraction of sp³-hybridized carbons (Fsp3) is 0.647. The maximum Gasteiger partial charge on any atom is -0.0279 e. The third-order valence-electron chi connectivity index (χ3n) is 3.56. The maximum absolute atomic E-state index is 2.41. The molecule has 0 heteroatoms. The van der Waals surface area contributed by atoms with Crippen LogP contribution in [0.25, 0.3) is 0 Å². The van der Waals surface area contributed by atoms with Gasteiger partial charge in [-0.1, -0.05) is 82.7 Å². The van der Waals surface area contributed by atoms with Crippen LogP contribution in [0.4, 0.5) is 0 Å². The third-order valence-corrected chi connectivity index (χ3v) is 3.56. The van der Waals surface area contributed by atoms with Crippen LogP contribution < -0.4 is 0 Å². The average molecular weight is 232 g/mol. The molecule has 96 valence electrons. The van der Waals surface area contributed by atoms with E-state index in [1.807, 2.05) is 0 Å². The highest BCUT2D eigenvalue weighted by molar-refractivity contribution is 5.14. The van der Waals surface area contributed by atoms with Crippen molar-refractivity contribution in [1.29, 1.82) is 0 Å². The number of rotatable bonds is 9. The second-order valence-electron chi connectivity index (χ2n) is 5.33. The molecule has 0 fully saturated rings. The summed E-state index contributed by atoms with van der Waals surface area (Å²) in [5.74, 6) is 0.928. The molecule has 0 spiro atoms. The van der Waals surface area contributed by atoms with Crippen LogP contribution in [-0.2, 0) is 6.42 Å². The van der Waals surface area contributed by atoms with Gasteiger partial charge in [-0.05, 0) is 24.3 Å². The lowest BCUT2D eigenvalue weighted by atomic mass is 9.96. The second-order valence-corrected chi connectivity index (χ2v) is 5.33. The van der Waals surface area contributed by atoms with Gasteiger partial charge in [0.05, 0.1) is 0 Å². The Kier molecular flexibility index (Phi) is 7.79. The zero-order chi connectivity index (χ0) is 12.3. The topological polar surface area (TPSA) is 0 Å². The van der Waals surface area contributed by atoms with E-state index in [4.69, 9.17) is 0 Å². The number of aryl methyl sites for hydroxylation is 1. The first-order valence-corrected chi connectivity index (χ1v) is 7.37. The van der Waals surface area contributed by atoms with Crippen LogP contribution in [0.1, 0.15) is 64.4 Å². The molecule has 1 rings (SSSR count). The minimum Gasteiger partial charge on any atom is -0.0654 e. The number of benzene rings is 1. The van der Waals surface area contributed by atoms with Gasteiger partial charge in [0.2, 0.25) is 0 Å². The molecule has 0 saturated carbocycles. The van der Waals surface area contributed by atoms with E-state index in [1.54, 1.807) is 0 Å². The van der Waals surface area contributed by atoms with Crippen molar-refractivity contribution in [3.8, 4) is 0 Å². The Labute approximate surface area is 107 Å². The minimum absolute atomic E-state index is 0.928. The van der Waals surface area contributed by atoms with Gasteiger partial charge >= 0.3 is 0 Å². The molecule has 0 aliphatic heterocycles. The van der Waals surface area contributed by atoms with Gasteiger partial charge in [-0.15, -0.1) is 0 Å². The molecule has 0 amide bonds. The summed E-state index contributed by atoms with van der Waals surface area (Å²) in [6.07, 6.45) is 11.0. The average Bonchev–Trinajstić information content (AvgIpc) is 2.36. The lowest BCUT2D eigenvalue weighted by molar-refractivity contribution is 0.444. The normalized spacial score (nSPS) is 12.6. The number of unbranched alkanes of at least 4 members (excludes halogenated alkanes) is 3. The molecule has 0 N–H and O–H groups in total. The highest BCUT2D eigenvalue weighted by atomic mass is 14.1. The first-order chi connectivity index (χ1) is 8.33. The largest absolute Gasteiger partial charge is 0.0654 e. The summed E-state index contributed by atoms with van der Waals surface area (Å²) in [5, 5.41) is 0. The van der Waals surface area contributed by atoms with Crippen molar-refractivity contribution in [3.63, 3.8) is 0 Å². The highest BCUT2D eigenvalue weighted by Gasteiger charge is 2.01. The molecule has 0 heterocycles. The first kappa shape index (κ1) is 14.3. The Balaban J connectivity index is 2.00. The zero-order valence-electron chi connectivity index (χ0n) is 11.6. The molecule has 0 aliphatic carbocycles. The van der Waals surface area contributed by atoms with Gasteiger partial charge in [0.15, 0.2) is 0 Å². The standard InChI is InChI=1S/C17H28/c1-3-4-6-11-16(2)12-9-10-15-17-13-7-5-8-14-17/h5,7-8,13-14,16H,3-4,6,9-12,15H2,1-2H3. The summed E-state index contributed by atoms with van der Waals surface area (Å²) >= 11 is 0. The molecule has 0 saturated heterocycles. The van der Waals surface area contributed by atoms with Crippen LogP contribution in [0.5, 0.6) is 0 Å². The number of hydrogen-bond acceptors (Lipinski definition) is 0. The van der Waals surface area contributed by atoms with Crippen molar-refractivity contribution in [2.24, 2.45) is 5.92 Å². The Morgan fingerprint density at radius 3 is 2.18 bits per heavy atom. The number of hydrogen-bond donors (Lipinski definition) is 0. The zero-order valence-corrected chi connectivity index (χ0v) is 11.6. The Bertz CT molecular complexity index is 263. The smallest absolute Gasteiger partial charge is 0.0279 e. The summed E-state index contributed by atoms with van der Waals surface area (Å²) in [4.78, 5) is 0. The molecule has 1 unspecified atom stereocenters. The SMILES string of the molecule is CCCCCC(C)CCCCc1ccccc1. The van der Waals surface area contributed by atoms with Crippen molar-refractivity contribution in [2.45, 2.75) is 65.2 Å². The summed E-state index contributed by atoms with van der Waals surface area (Å²) in [6.45, 7) is 4.70. The van der Waals surface area contributed by atoms with Gasteiger partial charge in [0, 0.05) is 0 Å². The molecule has 0 nitrogen and oxygen atoms in total. The first-order valence-electron chi connectivity index (χ1n) is 7.37. The maximum atomic E-state index is 2.41. The fourth-order valence-corrected chi connectivity index (χ4v) is 2.35. The van der Waals surface area contributed by atoms with Crippen LogP contribution in [-0.4, -0.2) is 0 Å². The summed E-state index contributed by atoms with van der Waals surface area (Å²) in [7, 11) is 0. The molecule has 1 aromatic carbocycles. The van der Waals surface area contributed by atoms with E-state index in [0.717, 1.165) is 5.92 Å². The molecule has 0 aliphatic rings. The Hall–Kier alpha value is -0.780. The van der Waals surface area contributed by atoms with Crippen molar-refractivity contribution >= 4 is 0 Å². The van der Waals surface area contributed by atoms with Gasteiger partial charge in [0.1, 0.15) is 0 Å².